The Morgan fingerprint density at radius 3 is 1.65 bits per heavy atom. The van der Waals surface area contributed by atoms with Crippen molar-refractivity contribution in [1.29, 1.82) is 0 Å². The van der Waals surface area contributed by atoms with E-state index in [1.807, 2.05) is 65.8 Å². The average Bonchev–Trinajstić information content (AvgIpc) is 4.17. The van der Waals surface area contributed by atoms with Crippen LogP contribution in [0.25, 0.3) is 0 Å². The van der Waals surface area contributed by atoms with E-state index in [0.717, 1.165) is 10.7 Å². The summed E-state index contributed by atoms with van der Waals surface area (Å²) in [5.74, 6) is -0.958. The van der Waals surface area contributed by atoms with Gasteiger partial charge in [0.15, 0.2) is 0 Å². The highest BCUT2D eigenvalue weighted by atomic mass is 16.5. The van der Waals surface area contributed by atoms with Gasteiger partial charge in [-0.3, -0.25) is 38.6 Å². The minimum atomic E-state index is -0.912. The zero-order chi connectivity index (χ0) is 52.0. The van der Waals surface area contributed by atoms with Crippen LogP contribution in [0, 0.1) is 17.8 Å². The summed E-state index contributed by atoms with van der Waals surface area (Å²) in [5, 5.41) is 5.63. The third kappa shape index (κ3) is 24.1. The fourth-order valence-corrected chi connectivity index (χ4v) is 7.61. The van der Waals surface area contributed by atoms with E-state index in [1.54, 1.807) is 6.26 Å². The van der Waals surface area contributed by atoms with Crippen LogP contribution in [0.1, 0.15) is 87.8 Å². The molecule has 1 aromatic heterocycles. The molecule has 4 unspecified atom stereocenters. The average molecular weight is 1020 g/mol. The predicted octanol–water partition coefficient (Wildman–Crippen LogP) is 4.08. The summed E-state index contributed by atoms with van der Waals surface area (Å²) in [6, 6.07) is 3.69. The maximum Gasteiger partial charge on any atom is 0.253 e. The van der Waals surface area contributed by atoms with E-state index in [0.29, 0.717) is 124 Å². The molecule has 2 fully saturated rings. The standard InChI is InChI=1S/C26H42N2O8.C14H23NO4.C11H17NO4.CH4/c1-18(2)17-34-14-13-33-12-10-28-24(30)22-20-5-7-26(36-20,23(22)25(28)31)8-6-21(29)27-9-11-32-15-16-35-19(3)4;1-12(2)18-11-10-17-9-7-15-14(16)6-5-13-4-3-8-19-13;1-9(2)16-8-7-15-6-5-12-10(13)3-4-11(12)14;/h5,7,18-20,22-23H,6,8-17H2,1-4H3,(H,27,29);3-4,8,12H,5-7,9-11H2,1-2H3,(H,15,16);3-4,9H,5-8H2,1-2H3;1H4. The Bertz CT molecular complexity index is 1770. The van der Waals surface area contributed by atoms with Crippen molar-refractivity contribution in [3.8, 4) is 0 Å². The number of nitrogens with one attached hydrogen (secondary N) is 2. The van der Waals surface area contributed by atoms with Crippen molar-refractivity contribution < 1.29 is 75.8 Å². The quantitative estimate of drug-likeness (QED) is 0.0555. The number of hydrogen-bond acceptors (Lipinski definition) is 16. The molecular weight excluding hydrogens is 937 g/mol. The van der Waals surface area contributed by atoms with Crippen LogP contribution in [0.4, 0.5) is 0 Å². The number of imide groups is 2. The van der Waals surface area contributed by atoms with Crippen LogP contribution in [-0.2, 0) is 77.8 Å². The largest absolute Gasteiger partial charge is 0.469 e. The molecule has 0 aromatic carbocycles. The molecule has 5 rings (SSSR count). The fourth-order valence-electron chi connectivity index (χ4n) is 7.61. The van der Waals surface area contributed by atoms with Gasteiger partial charge in [-0.25, -0.2) is 0 Å². The number of rotatable bonds is 35. The molecule has 72 heavy (non-hydrogen) atoms. The molecule has 0 radical (unpaired) electrons. The molecule has 410 valence electrons. The van der Waals surface area contributed by atoms with Crippen molar-refractivity contribution in [3.63, 3.8) is 0 Å². The topological polar surface area (TPSA) is 229 Å². The first-order chi connectivity index (χ1) is 34.0. The van der Waals surface area contributed by atoms with E-state index in [4.69, 9.17) is 47.0 Å². The van der Waals surface area contributed by atoms with Crippen molar-refractivity contribution >= 4 is 35.4 Å². The molecule has 2 N–H and O–H groups in total. The summed E-state index contributed by atoms with van der Waals surface area (Å²) in [7, 11) is 0. The Balaban J connectivity index is 0.000000414. The van der Waals surface area contributed by atoms with Crippen molar-refractivity contribution in [2.45, 2.75) is 119 Å². The first-order valence-corrected chi connectivity index (χ1v) is 25.1. The normalized spacial score (nSPS) is 19.6. The molecule has 20 nitrogen and oxygen atoms in total. The summed E-state index contributed by atoms with van der Waals surface area (Å²) in [6.07, 6.45) is 9.61. The Morgan fingerprint density at radius 1 is 0.639 bits per heavy atom. The zero-order valence-electron chi connectivity index (χ0n) is 43.4. The van der Waals surface area contributed by atoms with Gasteiger partial charge in [-0.1, -0.05) is 33.4 Å². The van der Waals surface area contributed by atoms with E-state index < -0.39 is 23.5 Å². The molecule has 0 aliphatic carbocycles. The minimum Gasteiger partial charge on any atom is -0.469 e. The molecule has 4 aliphatic heterocycles. The highest BCUT2D eigenvalue weighted by molar-refractivity contribution is 6.12. The summed E-state index contributed by atoms with van der Waals surface area (Å²) in [5.41, 5.74) is -0.912. The molecule has 6 amide bonds. The van der Waals surface area contributed by atoms with Crippen LogP contribution < -0.4 is 10.6 Å². The van der Waals surface area contributed by atoms with Gasteiger partial charge in [0.2, 0.25) is 23.6 Å². The SMILES string of the molecule is C.CC(C)COCCOCCN1C(=O)C2C3C=CC(CCC(=O)NCCOCCOC(C)C)(O3)C2C1=O.CC(C)OCCOCCN1C(=O)C=CC1=O.CC(C)OCCOCCNC(=O)CCc1ccco1. The van der Waals surface area contributed by atoms with Crippen LogP contribution in [0.5, 0.6) is 0 Å². The van der Waals surface area contributed by atoms with Gasteiger partial charge in [-0.2, -0.15) is 0 Å². The molecule has 0 saturated carbocycles. The first kappa shape index (κ1) is 63.7. The van der Waals surface area contributed by atoms with Crippen LogP contribution in [-0.4, -0.2) is 187 Å². The summed E-state index contributed by atoms with van der Waals surface area (Å²) < 4.78 is 54.3. The highest BCUT2D eigenvalue weighted by Crippen LogP contribution is 2.53. The summed E-state index contributed by atoms with van der Waals surface area (Å²) in [6.45, 7) is 23.6. The number of likely N-dealkylation sites (tertiary alicyclic amines) is 1. The van der Waals surface area contributed by atoms with E-state index in [1.165, 1.54) is 17.1 Å². The van der Waals surface area contributed by atoms with E-state index in [9.17, 15) is 28.8 Å². The van der Waals surface area contributed by atoms with E-state index in [-0.39, 0.29) is 80.8 Å². The van der Waals surface area contributed by atoms with Crippen LogP contribution in [0.2, 0.25) is 0 Å². The molecule has 4 atom stereocenters. The van der Waals surface area contributed by atoms with Gasteiger partial charge in [0, 0.05) is 51.1 Å². The van der Waals surface area contributed by atoms with E-state index >= 15 is 0 Å². The summed E-state index contributed by atoms with van der Waals surface area (Å²) >= 11 is 0. The van der Waals surface area contributed by atoms with Crippen molar-refractivity contribution in [2.24, 2.45) is 17.8 Å². The molecular formula is C52H86N4O16. The van der Waals surface area contributed by atoms with Gasteiger partial charge in [0.05, 0.1) is 135 Å². The Kier molecular flexibility index (Phi) is 31.6. The van der Waals surface area contributed by atoms with Gasteiger partial charge in [0.1, 0.15) is 11.4 Å². The number of amides is 6. The van der Waals surface area contributed by atoms with Crippen molar-refractivity contribution in [2.75, 3.05) is 112 Å². The molecule has 2 saturated heterocycles. The lowest BCUT2D eigenvalue weighted by atomic mass is 9.75. The summed E-state index contributed by atoms with van der Waals surface area (Å²) in [4.78, 5) is 74.8. The number of aryl methyl sites for hydroxylation is 1. The Morgan fingerprint density at radius 2 is 1.14 bits per heavy atom. The third-order valence-electron chi connectivity index (χ3n) is 11.0. The Hall–Kier alpha value is -4.38. The number of carbonyl (C=O) groups is 6. The third-order valence-corrected chi connectivity index (χ3v) is 11.0. The second-order valence-corrected chi connectivity index (χ2v) is 18.3. The second kappa shape index (κ2) is 35.7. The number of furan rings is 1. The smallest absolute Gasteiger partial charge is 0.253 e. The minimum absolute atomic E-state index is 0. The van der Waals surface area contributed by atoms with Crippen molar-refractivity contribution in [3.05, 3.63) is 48.5 Å². The maximum absolute atomic E-state index is 13.2. The number of fused-ring (bicyclic) bond motifs is 5. The zero-order valence-corrected chi connectivity index (χ0v) is 43.4. The molecule has 1 aromatic rings. The van der Waals surface area contributed by atoms with Gasteiger partial charge >= 0.3 is 0 Å². The first-order valence-electron chi connectivity index (χ1n) is 25.1. The number of ether oxygens (including phenoxy) is 9. The van der Waals surface area contributed by atoms with Gasteiger partial charge in [-0.05, 0) is 66.0 Å². The predicted molar refractivity (Wildman–Crippen MR) is 268 cm³/mol. The van der Waals surface area contributed by atoms with E-state index in [2.05, 4.69) is 24.5 Å². The molecule has 4 aliphatic rings. The number of nitrogens with zero attached hydrogens (tertiary/aromatic N) is 2. The Labute approximate surface area is 427 Å². The molecule has 20 heteroatoms. The molecule has 2 bridgehead atoms. The lowest BCUT2D eigenvalue weighted by Gasteiger charge is -2.28. The van der Waals surface area contributed by atoms with Crippen molar-refractivity contribution in [1.82, 2.24) is 20.4 Å². The fraction of sp³-hybridized carbons (Fsp3) is 0.731. The lowest BCUT2D eigenvalue weighted by molar-refractivity contribution is -0.146. The van der Waals surface area contributed by atoms with Gasteiger partial charge in [-0.15, -0.1) is 0 Å². The van der Waals surface area contributed by atoms with Crippen LogP contribution in [0.3, 0.4) is 0 Å². The highest BCUT2D eigenvalue weighted by Gasteiger charge is 2.67. The van der Waals surface area contributed by atoms with Crippen LogP contribution in [0.15, 0.2) is 47.1 Å². The van der Waals surface area contributed by atoms with Crippen LogP contribution >= 0.6 is 0 Å². The number of hydrogen-bond donors (Lipinski definition) is 2. The number of carbonyl (C=O) groups excluding carboxylic acids is 6. The van der Waals surface area contributed by atoms with Gasteiger partial charge < -0.3 is 57.7 Å². The van der Waals surface area contributed by atoms with Gasteiger partial charge in [0.25, 0.3) is 11.8 Å². The lowest BCUT2D eigenvalue weighted by Crippen LogP contribution is -2.42. The molecule has 5 heterocycles. The monoisotopic (exact) mass is 1020 g/mol. The maximum atomic E-state index is 13.2. The molecule has 0 spiro atoms. The second-order valence-electron chi connectivity index (χ2n) is 18.3.